The molecule has 4 rings (SSSR count). The second kappa shape index (κ2) is 9.56. The maximum absolute atomic E-state index is 12.3. The van der Waals surface area contributed by atoms with Crippen LogP contribution in [0.2, 0.25) is 0 Å². The number of thiazole rings is 1. The van der Waals surface area contributed by atoms with Gasteiger partial charge in [0.25, 0.3) is 0 Å². The summed E-state index contributed by atoms with van der Waals surface area (Å²) in [7, 11) is 0. The summed E-state index contributed by atoms with van der Waals surface area (Å²) in [6, 6.07) is 9.91. The highest BCUT2D eigenvalue weighted by Crippen LogP contribution is 2.27. The molecule has 148 valence electrons. The van der Waals surface area contributed by atoms with Crippen molar-refractivity contribution in [2.75, 3.05) is 31.6 Å². The number of rotatable bonds is 6. The Morgan fingerprint density at radius 2 is 1.97 bits per heavy atom. The maximum Gasteiger partial charge on any atom is 0.248 e. The van der Waals surface area contributed by atoms with Crippen molar-refractivity contribution in [3.05, 3.63) is 71.6 Å². The summed E-state index contributed by atoms with van der Waals surface area (Å²) in [6.07, 6.45) is 8.62. The van der Waals surface area contributed by atoms with E-state index >= 15 is 0 Å². The van der Waals surface area contributed by atoms with E-state index in [1.807, 2.05) is 24.4 Å². The lowest BCUT2D eigenvalue weighted by Crippen LogP contribution is -2.35. The van der Waals surface area contributed by atoms with Crippen LogP contribution in [-0.4, -0.2) is 47.1 Å². The smallest absolute Gasteiger partial charge is 0.248 e. The second-order valence-electron chi connectivity index (χ2n) is 6.74. The van der Waals surface area contributed by atoms with Gasteiger partial charge < -0.3 is 10.1 Å². The van der Waals surface area contributed by atoms with Crippen molar-refractivity contribution in [3.8, 4) is 10.4 Å². The molecule has 1 aliphatic heterocycles. The molecule has 1 saturated heterocycles. The lowest BCUT2D eigenvalue weighted by molar-refractivity contribution is -0.111. The predicted octanol–water partition coefficient (Wildman–Crippen LogP) is 3.69. The highest BCUT2D eigenvalue weighted by Gasteiger charge is 2.10. The molecule has 3 aromatic rings. The fourth-order valence-corrected chi connectivity index (χ4v) is 3.84. The Labute approximate surface area is 173 Å². The van der Waals surface area contributed by atoms with Gasteiger partial charge in [0.2, 0.25) is 5.91 Å². The first kappa shape index (κ1) is 19.4. The van der Waals surface area contributed by atoms with E-state index in [4.69, 9.17) is 4.74 Å². The molecule has 0 aliphatic carbocycles. The molecule has 1 N–H and O–H groups in total. The number of pyridine rings is 1. The summed E-state index contributed by atoms with van der Waals surface area (Å²) in [5, 5.41) is 2.91. The van der Waals surface area contributed by atoms with Crippen LogP contribution in [0.15, 0.2) is 60.5 Å². The number of benzene rings is 1. The summed E-state index contributed by atoms with van der Waals surface area (Å²) in [5.74, 6) is -0.176. The van der Waals surface area contributed by atoms with Crippen molar-refractivity contribution >= 4 is 29.0 Å². The van der Waals surface area contributed by atoms with E-state index in [1.165, 1.54) is 11.6 Å². The van der Waals surface area contributed by atoms with E-state index in [0.29, 0.717) is 0 Å². The summed E-state index contributed by atoms with van der Waals surface area (Å²) in [4.78, 5) is 24.0. The van der Waals surface area contributed by atoms with Crippen LogP contribution in [0.1, 0.15) is 11.1 Å². The number of nitrogens with zero attached hydrogens (tertiary/aromatic N) is 3. The van der Waals surface area contributed by atoms with E-state index in [1.54, 1.807) is 35.3 Å². The van der Waals surface area contributed by atoms with E-state index in [0.717, 1.165) is 54.5 Å². The number of nitrogens with one attached hydrogen (secondary N) is 1. The number of carbonyl (C=O) groups excluding carboxylic acids is 1. The lowest BCUT2D eigenvalue weighted by Gasteiger charge is -2.26. The highest BCUT2D eigenvalue weighted by atomic mass is 32.1. The van der Waals surface area contributed by atoms with Crippen LogP contribution >= 0.6 is 11.3 Å². The van der Waals surface area contributed by atoms with Crippen molar-refractivity contribution in [2.45, 2.75) is 6.54 Å². The number of amides is 1. The third-order valence-electron chi connectivity index (χ3n) is 4.70. The molecule has 0 atom stereocenters. The monoisotopic (exact) mass is 406 g/mol. The molecule has 0 unspecified atom stereocenters. The van der Waals surface area contributed by atoms with Crippen LogP contribution < -0.4 is 5.32 Å². The maximum atomic E-state index is 12.3. The average Bonchev–Trinajstić information content (AvgIpc) is 3.29. The molecule has 3 heterocycles. The minimum Gasteiger partial charge on any atom is -0.379 e. The van der Waals surface area contributed by atoms with E-state index in [9.17, 15) is 4.79 Å². The van der Waals surface area contributed by atoms with Crippen LogP contribution in [0.5, 0.6) is 0 Å². The predicted molar refractivity (Wildman–Crippen MR) is 116 cm³/mol. The van der Waals surface area contributed by atoms with Crippen molar-refractivity contribution in [2.24, 2.45) is 0 Å². The number of morpholine rings is 1. The normalized spacial score (nSPS) is 14.9. The molecule has 0 saturated carbocycles. The molecular weight excluding hydrogens is 384 g/mol. The summed E-state index contributed by atoms with van der Waals surface area (Å²) < 4.78 is 5.38. The van der Waals surface area contributed by atoms with Gasteiger partial charge in [-0.25, -0.2) is 0 Å². The van der Waals surface area contributed by atoms with Crippen LogP contribution in [0.4, 0.5) is 5.69 Å². The van der Waals surface area contributed by atoms with Crippen LogP contribution in [0.3, 0.4) is 0 Å². The van der Waals surface area contributed by atoms with E-state index in [-0.39, 0.29) is 5.91 Å². The number of ether oxygens (including phenoxy) is 1. The fourth-order valence-electron chi connectivity index (χ4n) is 3.17. The molecule has 1 aromatic carbocycles. The minimum absolute atomic E-state index is 0.176. The van der Waals surface area contributed by atoms with E-state index in [2.05, 4.69) is 32.3 Å². The number of hydrogen-bond donors (Lipinski definition) is 1. The first-order chi connectivity index (χ1) is 14.3. The molecule has 0 radical (unpaired) electrons. The van der Waals surface area contributed by atoms with Gasteiger partial charge in [0, 0.05) is 61.1 Å². The Hall–Kier alpha value is -2.87. The molecule has 2 aromatic heterocycles. The number of aromatic nitrogens is 2. The molecule has 1 fully saturated rings. The van der Waals surface area contributed by atoms with Gasteiger partial charge in [-0.2, -0.15) is 0 Å². The van der Waals surface area contributed by atoms with Gasteiger partial charge in [-0.15, -0.1) is 11.3 Å². The van der Waals surface area contributed by atoms with Gasteiger partial charge in [-0.3, -0.25) is 19.7 Å². The number of anilines is 1. The zero-order valence-electron chi connectivity index (χ0n) is 16.0. The molecular formula is C22H22N4O2S. The third-order valence-corrected chi connectivity index (χ3v) is 5.50. The topological polar surface area (TPSA) is 67.4 Å². The largest absolute Gasteiger partial charge is 0.379 e. The molecule has 1 amide bonds. The van der Waals surface area contributed by atoms with Crippen molar-refractivity contribution in [1.82, 2.24) is 14.9 Å². The standard InChI is InChI=1S/C22H22N4O2S/c27-22(6-3-18-13-23-8-7-20(18)21-14-24-16-29-21)25-19-4-1-17(2-5-19)15-26-9-11-28-12-10-26/h1-8,13-14,16H,9-12,15H2,(H,25,27)/b6-3+. The van der Waals surface area contributed by atoms with E-state index < -0.39 is 0 Å². The first-order valence-corrected chi connectivity index (χ1v) is 10.4. The lowest BCUT2D eigenvalue weighted by atomic mass is 10.1. The third kappa shape index (κ3) is 5.35. The Kier molecular flexibility index (Phi) is 6.41. The average molecular weight is 407 g/mol. The van der Waals surface area contributed by atoms with Crippen LogP contribution in [0.25, 0.3) is 16.5 Å². The summed E-state index contributed by atoms with van der Waals surface area (Å²) in [5.41, 5.74) is 5.69. The Bertz CT molecular complexity index is 965. The summed E-state index contributed by atoms with van der Waals surface area (Å²) in [6.45, 7) is 4.41. The van der Waals surface area contributed by atoms with Gasteiger partial charge >= 0.3 is 0 Å². The zero-order valence-corrected chi connectivity index (χ0v) is 16.8. The van der Waals surface area contributed by atoms with Gasteiger partial charge in [0.05, 0.1) is 23.6 Å². The molecule has 0 bridgehead atoms. The SMILES string of the molecule is O=C(/C=C/c1cnccc1-c1cncs1)Nc1ccc(CN2CCOCC2)cc1. The fraction of sp³-hybridized carbons (Fsp3) is 0.227. The van der Waals surface area contributed by atoms with Gasteiger partial charge in [-0.1, -0.05) is 12.1 Å². The van der Waals surface area contributed by atoms with Crippen LogP contribution in [0, 0.1) is 0 Å². The first-order valence-electron chi connectivity index (χ1n) is 9.49. The molecule has 29 heavy (non-hydrogen) atoms. The van der Waals surface area contributed by atoms with Crippen molar-refractivity contribution in [1.29, 1.82) is 0 Å². The van der Waals surface area contributed by atoms with Crippen molar-refractivity contribution < 1.29 is 9.53 Å². The Morgan fingerprint density at radius 3 is 2.72 bits per heavy atom. The quantitative estimate of drug-likeness (QED) is 0.633. The molecule has 1 aliphatic rings. The van der Waals surface area contributed by atoms with Crippen LogP contribution in [-0.2, 0) is 16.1 Å². The Morgan fingerprint density at radius 1 is 1.14 bits per heavy atom. The van der Waals surface area contributed by atoms with Crippen molar-refractivity contribution in [3.63, 3.8) is 0 Å². The molecule has 7 heteroatoms. The number of carbonyl (C=O) groups is 1. The Balaban J connectivity index is 1.36. The zero-order chi connectivity index (χ0) is 19.9. The molecule has 0 spiro atoms. The van der Waals surface area contributed by atoms with Gasteiger partial charge in [-0.05, 0) is 29.8 Å². The van der Waals surface area contributed by atoms with Gasteiger partial charge in [0.15, 0.2) is 0 Å². The highest BCUT2D eigenvalue weighted by molar-refractivity contribution is 7.13. The minimum atomic E-state index is -0.176. The number of hydrogen-bond acceptors (Lipinski definition) is 6. The second-order valence-corrected chi connectivity index (χ2v) is 7.62. The van der Waals surface area contributed by atoms with Gasteiger partial charge in [0.1, 0.15) is 0 Å². The summed E-state index contributed by atoms with van der Waals surface area (Å²) >= 11 is 1.56. The molecule has 6 nitrogen and oxygen atoms in total.